The van der Waals surface area contributed by atoms with Crippen LogP contribution in [0.2, 0.25) is 0 Å². The van der Waals surface area contributed by atoms with Crippen molar-refractivity contribution in [1.82, 2.24) is 10.2 Å². The number of hydrogen-bond acceptors (Lipinski definition) is 3. The van der Waals surface area contributed by atoms with E-state index in [0.717, 1.165) is 17.8 Å². The van der Waals surface area contributed by atoms with Crippen molar-refractivity contribution in [3.05, 3.63) is 22.4 Å². The molecule has 1 aromatic heterocycles. The van der Waals surface area contributed by atoms with Gasteiger partial charge < -0.3 is 10.2 Å². The molecule has 0 aliphatic carbocycles. The summed E-state index contributed by atoms with van der Waals surface area (Å²) in [6, 6.07) is 3.89. The summed E-state index contributed by atoms with van der Waals surface area (Å²) in [5, 5.41) is 4.83. The maximum Gasteiger partial charge on any atom is 0.225 e. The summed E-state index contributed by atoms with van der Waals surface area (Å²) < 4.78 is 0. The van der Waals surface area contributed by atoms with E-state index in [9.17, 15) is 9.59 Å². The molecule has 0 aliphatic rings. The van der Waals surface area contributed by atoms with Crippen LogP contribution in [0.3, 0.4) is 0 Å². The van der Waals surface area contributed by atoms with E-state index in [0.29, 0.717) is 25.4 Å². The molecule has 0 saturated heterocycles. The Hall–Kier alpha value is -1.36. The fraction of sp³-hybridized carbons (Fsp3) is 0.600. The molecule has 0 spiro atoms. The highest BCUT2D eigenvalue weighted by Crippen LogP contribution is 2.08. The van der Waals surface area contributed by atoms with E-state index in [1.807, 2.05) is 17.5 Å². The van der Waals surface area contributed by atoms with Gasteiger partial charge >= 0.3 is 0 Å². The maximum absolute atomic E-state index is 11.7. The van der Waals surface area contributed by atoms with Gasteiger partial charge in [0.05, 0.1) is 6.42 Å². The summed E-state index contributed by atoms with van der Waals surface area (Å²) >= 11 is 1.58. The number of thiophene rings is 1. The number of nitrogens with one attached hydrogen (secondary N) is 1. The smallest absolute Gasteiger partial charge is 0.225 e. The summed E-state index contributed by atoms with van der Waals surface area (Å²) in [6.07, 6.45) is 1.41. The molecular formula is C15H24N2O2S. The van der Waals surface area contributed by atoms with Gasteiger partial charge in [0.1, 0.15) is 0 Å². The zero-order chi connectivity index (χ0) is 15.0. The Morgan fingerprint density at radius 3 is 2.65 bits per heavy atom. The summed E-state index contributed by atoms with van der Waals surface area (Å²) in [7, 11) is 0. The number of carbonyl (C=O) groups excluding carboxylic acids is 2. The number of nitrogens with zero attached hydrogens (tertiary/aromatic N) is 1. The van der Waals surface area contributed by atoms with Gasteiger partial charge in [-0.15, -0.1) is 11.3 Å². The molecule has 1 rings (SSSR count). The van der Waals surface area contributed by atoms with Gasteiger partial charge in [-0.2, -0.15) is 0 Å². The van der Waals surface area contributed by atoms with Crippen LogP contribution >= 0.6 is 11.3 Å². The van der Waals surface area contributed by atoms with Crippen molar-refractivity contribution in [3.8, 4) is 0 Å². The third kappa shape index (κ3) is 6.70. The highest BCUT2D eigenvalue weighted by molar-refractivity contribution is 7.10. The van der Waals surface area contributed by atoms with Gasteiger partial charge in [-0.1, -0.05) is 19.9 Å². The molecule has 112 valence electrons. The third-order valence-corrected chi connectivity index (χ3v) is 3.92. The van der Waals surface area contributed by atoms with E-state index < -0.39 is 0 Å². The van der Waals surface area contributed by atoms with Crippen LogP contribution in [0.1, 0.15) is 32.1 Å². The lowest BCUT2D eigenvalue weighted by molar-refractivity contribution is -0.129. The molecule has 0 saturated carbocycles. The summed E-state index contributed by atoms with van der Waals surface area (Å²) in [5.74, 6) is 0.656. The minimum atomic E-state index is 0.0137. The molecule has 0 fully saturated rings. The van der Waals surface area contributed by atoms with Crippen molar-refractivity contribution in [2.45, 2.75) is 33.6 Å². The van der Waals surface area contributed by atoms with E-state index in [1.165, 1.54) is 0 Å². The largest absolute Gasteiger partial charge is 0.354 e. The fourth-order valence-corrected chi connectivity index (χ4v) is 2.51. The lowest BCUT2D eigenvalue weighted by Gasteiger charge is -2.22. The SMILES string of the molecule is CC(=O)N(CCNC(=O)Cc1cccs1)CCC(C)C. The molecule has 1 heterocycles. The summed E-state index contributed by atoms with van der Waals surface area (Å²) in [5.41, 5.74) is 0. The standard InChI is InChI=1S/C15H24N2O2S/c1-12(2)6-8-17(13(3)18)9-7-16-15(19)11-14-5-4-10-20-14/h4-5,10,12H,6-9,11H2,1-3H3,(H,16,19). The van der Waals surface area contributed by atoms with Crippen molar-refractivity contribution >= 4 is 23.2 Å². The second-order valence-corrected chi connectivity index (χ2v) is 6.33. The Kier molecular flexibility index (Phi) is 7.30. The van der Waals surface area contributed by atoms with Crippen molar-refractivity contribution in [1.29, 1.82) is 0 Å². The molecule has 0 aromatic carbocycles. The lowest BCUT2D eigenvalue weighted by Crippen LogP contribution is -2.38. The molecule has 5 heteroatoms. The average molecular weight is 296 g/mol. The lowest BCUT2D eigenvalue weighted by atomic mass is 10.1. The van der Waals surface area contributed by atoms with Crippen LogP contribution in [0, 0.1) is 5.92 Å². The normalized spacial score (nSPS) is 10.6. The third-order valence-electron chi connectivity index (χ3n) is 3.04. The molecule has 1 N–H and O–H groups in total. The van der Waals surface area contributed by atoms with E-state index in [2.05, 4.69) is 19.2 Å². The summed E-state index contributed by atoms with van der Waals surface area (Å²) in [6.45, 7) is 7.71. The van der Waals surface area contributed by atoms with E-state index >= 15 is 0 Å². The molecule has 0 bridgehead atoms. The fourth-order valence-electron chi connectivity index (χ4n) is 1.80. The Balaban J connectivity index is 2.25. The first kappa shape index (κ1) is 16.7. The highest BCUT2D eigenvalue weighted by atomic mass is 32.1. The van der Waals surface area contributed by atoms with Crippen LogP contribution in [-0.2, 0) is 16.0 Å². The van der Waals surface area contributed by atoms with Crippen molar-refractivity contribution in [3.63, 3.8) is 0 Å². The molecule has 0 unspecified atom stereocenters. The predicted octanol–water partition coefficient (Wildman–Crippen LogP) is 2.30. The van der Waals surface area contributed by atoms with Crippen LogP contribution in [0.15, 0.2) is 17.5 Å². The quantitative estimate of drug-likeness (QED) is 0.800. The number of hydrogen-bond donors (Lipinski definition) is 1. The second-order valence-electron chi connectivity index (χ2n) is 5.29. The molecule has 20 heavy (non-hydrogen) atoms. The number of carbonyl (C=O) groups is 2. The average Bonchev–Trinajstić information content (AvgIpc) is 2.85. The zero-order valence-electron chi connectivity index (χ0n) is 12.5. The first-order valence-electron chi connectivity index (χ1n) is 7.03. The zero-order valence-corrected chi connectivity index (χ0v) is 13.3. The minimum Gasteiger partial charge on any atom is -0.354 e. The Morgan fingerprint density at radius 2 is 2.10 bits per heavy atom. The van der Waals surface area contributed by atoms with Crippen LogP contribution in [0.5, 0.6) is 0 Å². The van der Waals surface area contributed by atoms with Crippen molar-refractivity contribution in [2.75, 3.05) is 19.6 Å². The predicted molar refractivity (Wildman–Crippen MR) is 82.7 cm³/mol. The maximum atomic E-state index is 11.7. The molecule has 0 atom stereocenters. The molecule has 1 aromatic rings. The number of amides is 2. The van der Waals surface area contributed by atoms with E-state index in [1.54, 1.807) is 23.2 Å². The Morgan fingerprint density at radius 1 is 1.35 bits per heavy atom. The van der Waals surface area contributed by atoms with Gasteiger partial charge in [0.15, 0.2) is 0 Å². The molecule has 4 nitrogen and oxygen atoms in total. The van der Waals surface area contributed by atoms with Crippen LogP contribution in [-0.4, -0.2) is 36.3 Å². The molecular weight excluding hydrogens is 272 g/mol. The van der Waals surface area contributed by atoms with Crippen molar-refractivity contribution < 1.29 is 9.59 Å². The van der Waals surface area contributed by atoms with E-state index in [-0.39, 0.29) is 11.8 Å². The van der Waals surface area contributed by atoms with Gasteiger partial charge in [-0.25, -0.2) is 0 Å². The van der Waals surface area contributed by atoms with Crippen LogP contribution in [0.25, 0.3) is 0 Å². The topological polar surface area (TPSA) is 49.4 Å². The second kappa shape index (κ2) is 8.74. The van der Waals surface area contributed by atoms with Gasteiger partial charge in [-0.3, -0.25) is 9.59 Å². The first-order valence-corrected chi connectivity index (χ1v) is 7.91. The van der Waals surface area contributed by atoms with Gasteiger partial charge in [0.25, 0.3) is 0 Å². The molecule has 2 amide bonds. The molecule has 0 radical (unpaired) electrons. The minimum absolute atomic E-state index is 0.0137. The summed E-state index contributed by atoms with van der Waals surface area (Å²) in [4.78, 5) is 26.1. The van der Waals surface area contributed by atoms with Crippen LogP contribution in [0.4, 0.5) is 0 Å². The monoisotopic (exact) mass is 296 g/mol. The Bertz CT molecular complexity index is 416. The van der Waals surface area contributed by atoms with Crippen molar-refractivity contribution in [2.24, 2.45) is 5.92 Å². The van der Waals surface area contributed by atoms with E-state index in [4.69, 9.17) is 0 Å². The van der Waals surface area contributed by atoms with Gasteiger partial charge in [0.2, 0.25) is 11.8 Å². The highest BCUT2D eigenvalue weighted by Gasteiger charge is 2.10. The van der Waals surface area contributed by atoms with Crippen LogP contribution < -0.4 is 5.32 Å². The van der Waals surface area contributed by atoms with Gasteiger partial charge in [0, 0.05) is 31.4 Å². The molecule has 0 aliphatic heterocycles. The number of rotatable bonds is 8. The first-order chi connectivity index (χ1) is 9.49. The van der Waals surface area contributed by atoms with Gasteiger partial charge in [-0.05, 0) is 23.8 Å². The Labute approximate surface area is 125 Å².